The minimum Gasteiger partial charge on any atom is -0.330 e. The predicted octanol–water partition coefficient (Wildman–Crippen LogP) is 4.23. The fraction of sp³-hybridized carbons (Fsp3) is 0.200. The summed E-state index contributed by atoms with van der Waals surface area (Å²) in [6, 6.07) is 14.5. The van der Waals surface area contributed by atoms with E-state index in [9.17, 15) is 9.11 Å². The van der Waals surface area contributed by atoms with Crippen LogP contribution in [0.1, 0.15) is 6.42 Å². The molecule has 0 atom stereocenters. The number of rotatable bonds is 4. The van der Waals surface area contributed by atoms with Crippen molar-refractivity contribution in [1.82, 2.24) is 0 Å². The average Bonchev–Trinajstić information content (AvgIpc) is 2.73. The molecule has 0 aliphatic carbocycles. The molecular formula is C15H18ClN3O2S. The third-order valence-corrected chi connectivity index (χ3v) is 5.66. The van der Waals surface area contributed by atoms with E-state index in [1.807, 2.05) is 24.3 Å². The van der Waals surface area contributed by atoms with Gasteiger partial charge >= 0.3 is 0 Å². The number of para-hydroxylation sites is 2. The van der Waals surface area contributed by atoms with E-state index in [4.69, 9.17) is 17.3 Å². The number of fused-ring (bicyclic) bond motifs is 1. The van der Waals surface area contributed by atoms with Crippen molar-refractivity contribution >= 4 is 39.6 Å². The van der Waals surface area contributed by atoms with Gasteiger partial charge in [0.15, 0.2) is 0 Å². The van der Waals surface area contributed by atoms with Gasteiger partial charge in [0, 0.05) is 11.6 Å². The first kappa shape index (κ1) is 15.5. The van der Waals surface area contributed by atoms with E-state index in [-0.39, 0.29) is 0 Å². The maximum Gasteiger partial charge on any atom is 0.0896 e. The number of hydrogen-bond donors (Lipinski definition) is 3. The molecule has 0 unspecified atom stereocenters. The summed E-state index contributed by atoms with van der Waals surface area (Å²) in [6.07, 6.45) is 0.679. The molecule has 0 fully saturated rings. The molecule has 0 spiro atoms. The predicted molar refractivity (Wildman–Crippen MR) is 93.9 cm³/mol. The average molecular weight is 340 g/mol. The molecule has 4 N–H and O–H groups in total. The van der Waals surface area contributed by atoms with Crippen LogP contribution in [0.15, 0.2) is 48.5 Å². The first-order valence-electron chi connectivity index (χ1n) is 6.96. The van der Waals surface area contributed by atoms with E-state index in [1.165, 1.54) is 0 Å². The van der Waals surface area contributed by atoms with Crippen LogP contribution in [0.2, 0.25) is 5.02 Å². The third-order valence-electron chi connectivity index (χ3n) is 3.54. The van der Waals surface area contributed by atoms with Crippen LogP contribution < -0.4 is 14.3 Å². The molecule has 0 aromatic heterocycles. The van der Waals surface area contributed by atoms with Gasteiger partial charge in [0.1, 0.15) is 0 Å². The van der Waals surface area contributed by atoms with Crippen LogP contribution in [0.5, 0.6) is 0 Å². The van der Waals surface area contributed by atoms with Crippen molar-refractivity contribution in [3.8, 4) is 0 Å². The highest BCUT2D eigenvalue weighted by Gasteiger charge is 2.41. The van der Waals surface area contributed by atoms with Crippen molar-refractivity contribution in [3.05, 3.63) is 53.6 Å². The Kier molecular flexibility index (Phi) is 4.20. The smallest absolute Gasteiger partial charge is 0.0896 e. The number of nitrogens with two attached hydrogens (primary N) is 1. The molecule has 2 aromatic carbocycles. The normalized spacial score (nSPS) is 17.5. The van der Waals surface area contributed by atoms with Crippen molar-refractivity contribution in [3.63, 3.8) is 0 Å². The number of hydrogen-bond acceptors (Lipinski definition) is 5. The Morgan fingerprint density at radius 3 is 2.27 bits per heavy atom. The van der Waals surface area contributed by atoms with E-state index in [1.54, 1.807) is 32.9 Å². The molecule has 0 amide bonds. The minimum absolute atomic E-state index is 0.486. The van der Waals surface area contributed by atoms with E-state index < -0.39 is 11.0 Å². The van der Waals surface area contributed by atoms with E-state index >= 15 is 0 Å². The zero-order valence-electron chi connectivity index (χ0n) is 11.9. The van der Waals surface area contributed by atoms with Gasteiger partial charge in [-0.05, 0) is 60.3 Å². The van der Waals surface area contributed by atoms with Crippen LogP contribution in [0.4, 0.5) is 17.1 Å². The zero-order valence-corrected chi connectivity index (χ0v) is 13.5. The second-order valence-corrected chi connectivity index (χ2v) is 7.22. The third kappa shape index (κ3) is 2.53. The van der Waals surface area contributed by atoms with E-state index in [2.05, 4.69) is 0 Å². The fourth-order valence-electron chi connectivity index (χ4n) is 2.54. The summed E-state index contributed by atoms with van der Waals surface area (Å²) in [6.45, 7) is 0.981. The molecule has 1 aliphatic heterocycles. The van der Waals surface area contributed by atoms with Crippen LogP contribution in [0.25, 0.3) is 0 Å². The molecule has 1 heterocycles. The Balaban J connectivity index is 2.07. The highest BCUT2D eigenvalue weighted by Crippen LogP contribution is 2.63. The fourth-order valence-corrected chi connectivity index (χ4v) is 4.48. The van der Waals surface area contributed by atoms with Crippen LogP contribution in [-0.4, -0.2) is 22.2 Å². The monoisotopic (exact) mass is 339 g/mol. The molecular weight excluding hydrogens is 322 g/mol. The molecule has 7 heteroatoms. The van der Waals surface area contributed by atoms with Gasteiger partial charge in [0.25, 0.3) is 0 Å². The maximum atomic E-state index is 10.8. The second kappa shape index (κ2) is 5.98. The lowest BCUT2D eigenvalue weighted by Crippen LogP contribution is -2.32. The SMILES string of the molecule is NCCCN1c2ccccc2N(c2ccc(Cl)cc2)S1(O)O. The molecule has 1 aliphatic rings. The standard InChI is InChI=1S/C15H18ClN3O2S/c16-12-6-8-13(9-7-12)19-15-5-2-1-4-14(15)18(11-3-10-17)22(19,20)21/h1-2,4-9,20-21H,3,10-11,17H2. The van der Waals surface area contributed by atoms with Crippen molar-refractivity contribution in [2.24, 2.45) is 5.73 Å². The van der Waals surface area contributed by atoms with E-state index in [0.717, 1.165) is 11.4 Å². The van der Waals surface area contributed by atoms with Gasteiger partial charge in [-0.1, -0.05) is 23.7 Å². The lowest BCUT2D eigenvalue weighted by atomic mass is 10.2. The summed E-state index contributed by atoms with van der Waals surface area (Å²) in [5, 5.41) is 0.604. The Hall–Kier alpha value is -1.44. The highest BCUT2D eigenvalue weighted by molar-refractivity contribution is 8.27. The van der Waals surface area contributed by atoms with Crippen LogP contribution in [-0.2, 0) is 0 Å². The van der Waals surface area contributed by atoms with Gasteiger partial charge in [0.05, 0.1) is 17.1 Å². The highest BCUT2D eigenvalue weighted by atomic mass is 35.5. The first-order chi connectivity index (χ1) is 10.6. The first-order valence-corrected chi connectivity index (χ1v) is 8.80. The number of anilines is 3. The molecule has 3 rings (SSSR count). The Bertz CT molecular complexity index is 666. The maximum absolute atomic E-state index is 10.8. The Morgan fingerprint density at radius 1 is 1.00 bits per heavy atom. The summed E-state index contributed by atoms with van der Waals surface area (Å²) in [5.41, 5.74) is 7.82. The molecule has 0 saturated heterocycles. The van der Waals surface area contributed by atoms with Crippen molar-refractivity contribution in [2.45, 2.75) is 6.42 Å². The summed E-state index contributed by atoms with van der Waals surface area (Å²) in [7, 11) is -3.16. The molecule has 0 radical (unpaired) electrons. The summed E-state index contributed by atoms with van der Waals surface area (Å²) in [5.74, 6) is 0. The van der Waals surface area contributed by atoms with Gasteiger partial charge in [0.2, 0.25) is 0 Å². The quantitative estimate of drug-likeness (QED) is 0.777. The van der Waals surface area contributed by atoms with E-state index in [0.29, 0.717) is 30.2 Å². The lowest BCUT2D eigenvalue weighted by Gasteiger charge is -2.43. The van der Waals surface area contributed by atoms with Gasteiger partial charge in [-0.3, -0.25) is 13.4 Å². The van der Waals surface area contributed by atoms with Crippen molar-refractivity contribution < 1.29 is 9.11 Å². The molecule has 22 heavy (non-hydrogen) atoms. The molecule has 0 bridgehead atoms. The Labute approximate surface area is 136 Å². The summed E-state index contributed by atoms with van der Waals surface area (Å²) < 4.78 is 24.8. The minimum atomic E-state index is -3.16. The molecule has 118 valence electrons. The lowest BCUT2D eigenvalue weighted by molar-refractivity contribution is 0.484. The Morgan fingerprint density at radius 2 is 1.64 bits per heavy atom. The summed E-state index contributed by atoms with van der Waals surface area (Å²) in [4.78, 5) is 0. The number of benzene rings is 2. The second-order valence-electron chi connectivity index (χ2n) is 4.99. The molecule has 2 aromatic rings. The largest absolute Gasteiger partial charge is 0.330 e. The molecule has 5 nitrogen and oxygen atoms in total. The van der Waals surface area contributed by atoms with Crippen LogP contribution in [0, 0.1) is 0 Å². The number of nitrogens with zero attached hydrogens (tertiary/aromatic N) is 2. The topological polar surface area (TPSA) is 73.0 Å². The van der Waals surface area contributed by atoms with Crippen LogP contribution >= 0.6 is 22.6 Å². The number of halogens is 1. The van der Waals surface area contributed by atoms with Gasteiger partial charge < -0.3 is 5.73 Å². The van der Waals surface area contributed by atoms with Crippen molar-refractivity contribution in [2.75, 3.05) is 21.7 Å². The van der Waals surface area contributed by atoms with Gasteiger partial charge in [-0.15, -0.1) is 0 Å². The van der Waals surface area contributed by atoms with Gasteiger partial charge in [-0.2, -0.15) is 0 Å². The van der Waals surface area contributed by atoms with Gasteiger partial charge in [-0.25, -0.2) is 4.31 Å². The molecule has 0 saturated carbocycles. The summed E-state index contributed by atoms with van der Waals surface area (Å²) >= 11 is 5.93. The van der Waals surface area contributed by atoms with Crippen LogP contribution in [0.3, 0.4) is 0 Å². The zero-order chi connectivity index (χ0) is 15.7. The van der Waals surface area contributed by atoms with Crippen molar-refractivity contribution in [1.29, 1.82) is 0 Å².